The minimum atomic E-state index is -0.684. The number of amides is 3. The minimum absolute atomic E-state index is 0.0586. The monoisotopic (exact) mass is 807 g/mol. The van der Waals surface area contributed by atoms with Gasteiger partial charge in [0.15, 0.2) is 0 Å². The summed E-state index contributed by atoms with van der Waals surface area (Å²) in [5, 5.41) is 8.64. The van der Waals surface area contributed by atoms with E-state index in [1.165, 1.54) is 23.1 Å². The van der Waals surface area contributed by atoms with Crippen LogP contribution in [0.15, 0.2) is 124 Å². The van der Waals surface area contributed by atoms with Crippen LogP contribution in [0.25, 0.3) is 6.08 Å². The summed E-state index contributed by atoms with van der Waals surface area (Å²) in [6, 6.07) is 32.7. The Morgan fingerprint density at radius 2 is 1.58 bits per heavy atom. The number of hydrogen-bond donors (Lipinski definition) is 3. The lowest BCUT2D eigenvalue weighted by Gasteiger charge is -2.18. The Labute approximate surface area is 325 Å². The molecule has 0 radical (unpaired) electrons. The molecule has 53 heavy (non-hydrogen) atoms. The van der Waals surface area contributed by atoms with E-state index in [1.807, 2.05) is 66.7 Å². The molecule has 11 heteroatoms. The van der Waals surface area contributed by atoms with Crippen LogP contribution in [0.1, 0.15) is 73.7 Å². The van der Waals surface area contributed by atoms with Crippen LogP contribution in [0.2, 0.25) is 0 Å². The smallest absolute Gasteiger partial charge is 0.341 e. The molecule has 1 heterocycles. The van der Waals surface area contributed by atoms with Gasteiger partial charge < -0.3 is 20.7 Å². The number of halogens is 1. The van der Waals surface area contributed by atoms with Crippen molar-refractivity contribution in [1.82, 2.24) is 5.32 Å². The Bertz CT molecular complexity index is 2140. The maximum Gasteiger partial charge on any atom is 0.341 e. The van der Waals surface area contributed by atoms with Crippen molar-refractivity contribution in [3.05, 3.63) is 152 Å². The highest BCUT2D eigenvalue weighted by molar-refractivity contribution is 9.10. The normalized spacial score (nSPS) is 13.2. The molecule has 1 atom stereocenters. The highest BCUT2D eigenvalue weighted by atomic mass is 79.9. The first-order chi connectivity index (χ1) is 25.8. The van der Waals surface area contributed by atoms with Crippen molar-refractivity contribution in [1.29, 1.82) is 0 Å². The SMILES string of the molecule is CCOC(=O)c1c(NC(=O)C(Sc2cccc(NC(=O)/C(=C\c3cccc(Br)c3)NC(=O)c3ccccc3)c2)c2ccccc2)sc2c1CCCCC2. The van der Waals surface area contributed by atoms with Gasteiger partial charge in [-0.3, -0.25) is 14.4 Å². The first-order valence-electron chi connectivity index (χ1n) is 17.4. The maximum atomic E-state index is 14.2. The van der Waals surface area contributed by atoms with E-state index in [0.717, 1.165) is 57.5 Å². The fraction of sp³-hybridized carbons (Fsp3) is 0.190. The number of carbonyl (C=O) groups excluding carboxylic acids is 4. The number of rotatable bonds is 12. The third-order valence-corrected chi connectivity index (χ3v) is 11.5. The van der Waals surface area contributed by atoms with Gasteiger partial charge in [0.25, 0.3) is 11.8 Å². The molecule has 1 unspecified atom stereocenters. The van der Waals surface area contributed by atoms with Crippen LogP contribution in [0.4, 0.5) is 10.7 Å². The van der Waals surface area contributed by atoms with Crippen LogP contribution < -0.4 is 16.0 Å². The number of thioether (sulfide) groups is 1. The molecular weight excluding hydrogens is 771 g/mol. The van der Waals surface area contributed by atoms with E-state index in [4.69, 9.17) is 4.74 Å². The van der Waals surface area contributed by atoms with Crippen molar-refractivity contribution in [2.24, 2.45) is 0 Å². The Hall–Kier alpha value is -4.97. The van der Waals surface area contributed by atoms with Gasteiger partial charge in [-0.1, -0.05) is 89.1 Å². The number of anilines is 2. The zero-order chi connectivity index (χ0) is 37.2. The van der Waals surface area contributed by atoms with Crippen molar-refractivity contribution in [2.45, 2.75) is 49.2 Å². The largest absolute Gasteiger partial charge is 0.462 e. The van der Waals surface area contributed by atoms with Crippen LogP contribution in [-0.4, -0.2) is 30.3 Å². The van der Waals surface area contributed by atoms with Gasteiger partial charge in [-0.05, 0) is 97.8 Å². The van der Waals surface area contributed by atoms with Crippen LogP contribution in [0.3, 0.4) is 0 Å². The first kappa shape index (κ1) is 37.8. The fourth-order valence-corrected chi connectivity index (χ4v) is 8.80. The van der Waals surface area contributed by atoms with Gasteiger partial charge >= 0.3 is 5.97 Å². The molecule has 6 rings (SSSR count). The number of benzene rings is 4. The van der Waals surface area contributed by atoms with Crippen LogP contribution in [0.5, 0.6) is 0 Å². The summed E-state index contributed by atoms with van der Waals surface area (Å²) < 4.78 is 6.27. The molecular formula is C42H38BrN3O5S2. The Morgan fingerprint density at radius 1 is 0.849 bits per heavy atom. The lowest BCUT2D eigenvalue weighted by atomic mass is 10.1. The van der Waals surface area contributed by atoms with E-state index in [0.29, 0.717) is 27.4 Å². The zero-order valence-corrected chi connectivity index (χ0v) is 32.2. The van der Waals surface area contributed by atoms with E-state index in [-0.39, 0.29) is 18.2 Å². The van der Waals surface area contributed by atoms with Gasteiger partial charge in [-0.15, -0.1) is 23.1 Å². The van der Waals surface area contributed by atoms with Crippen molar-refractivity contribution < 1.29 is 23.9 Å². The summed E-state index contributed by atoms with van der Waals surface area (Å²) in [6.45, 7) is 2.02. The molecule has 1 aliphatic carbocycles. The number of esters is 1. The first-order valence-corrected chi connectivity index (χ1v) is 19.9. The number of carbonyl (C=O) groups is 4. The third-order valence-electron chi connectivity index (χ3n) is 8.51. The van der Waals surface area contributed by atoms with Crippen LogP contribution in [-0.2, 0) is 27.2 Å². The van der Waals surface area contributed by atoms with E-state index in [1.54, 1.807) is 55.5 Å². The van der Waals surface area contributed by atoms with Crippen molar-refractivity contribution in [2.75, 3.05) is 17.2 Å². The van der Waals surface area contributed by atoms with Gasteiger partial charge in [0.2, 0.25) is 5.91 Å². The van der Waals surface area contributed by atoms with E-state index >= 15 is 0 Å². The molecule has 4 aromatic carbocycles. The predicted octanol–water partition coefficient (Wildman–Crippen LogP) is 9.84. The highest BCUT2D eigenvalue weighted by Gasteiger charge is 2.29. The topological polar surface area (TPSA) is 114 Å². The molecule has 5 aromatic rings. The summed E-state index contributed by atoms with van der Waals surface area (Å²) in [5.74, 6) is -1.63. The fourth-order valence-electron chi connectivity index (χ4n) is 6.02. The lowest BCUT2D eigenvalue weighted by Crippen LogP contribution is -2.30. The van der Waals surface area contributed by atoms with Gasteiger partial charge in [-0.25, -0.2) is 4.79 Å². The average molecular weight is 809 g/mol. The highest BCUT2D eigenvalue weighted by Crippen LogP contribution is 2.41. The number of hydrogen-bond acceptors (Lipinski definition) is 7. The number of ether oxygens (including phenoxy) is 1. The van der Waals surface area contributed by atoms with E-state index in [9.17, 15) is 19.2 Å². The average Bonchev–Trinajstić information content (AvgIpc) is 3.33. The third kappa shape index (κ3) is 9.92. The number of aryl methyl sites for hydroxylation is 1. The second-order valence-corrected chi connectivity index (χ2v) is 15.5. The summed E-state index contributed by atoms with van der Waals surface area (Å²) >= 11 is 6.26. The van der Waals surface area contributed by atoms with E-state index in [2.05, 4.69) is 31.9 Å². The van der Waals surface area contributed by atoms with Crippen molar-refractivity contribution >= 4 is 79.5 Å². The molecule has 0 spiro atoms. The quantitative estimate of drug-likeness (QED) is 0.0501. The summed E-state index contributed by atoms with van der Waals surface area (Å²) in [4.78, 5) is 56.2. The molecule has 270 valence electrons. The van der Waals surface area contributed by atoms with Crippen LogP contribution in [0, 0.1) is 0 Å². The number of thiophene rings is 1. The van der Waals surface area contributed by atoms with Crippen LogP contribution >= 0.6 is 39.0 Å². The Balaban J connectivity index is 1.25. The maximum absolute atomic E-state index is 14.2. The molecule has 3 amide bonds. The van der Waals surface area contributed by atoms with Gasteiger partial charge in [0, 0.05) is 25.5 Å². The molecule has 0 saturated carbocycles. The van der Waals surface area contributed by atoms with Gasteiger partial charge in [-0.2, -0.15) is 0 Å². The van der Waals surface area contributed by atoms with Crippen molar-refractivity contribution in [3.8, 4) is 0 Å². The minimum Gasteiger partial charge on any atom is -0.462 e. The standard InChI is InChI=1S/C42H38BrN3O5S2/c1-2-51-42(50)36-33-22-10-5-11-23-35(33)53-41(36)46-40(49)37(28-15-6-3-7-16-28)52-32-21-13-20-31(26-32)44-39(48)34(25-27-14-12-19-30(43)24-27)45-38(47)29-17-8-4-9-18-29/h3-4,6-9,12-21,24-26,37H,2,5,10-11,22-23H2,1H3,(H,44,48)(H,45,47)(H,46,49)/b34-25+. The lowest BCUT2D eigenvalue weighted by molar-refractivity contribution is -0.116. The summed E-state index contributed by atoms with van der Waals surface area (Å²) in [6.07, 6.45) is 6.39. The van der Waals surface area contributed by atoms with E-state index < -0.39 is 23.0 Å². The van der Waals surface area contributed by atoms with Gasteiger partial charge in [0.1, 0.15) is 15.9 Å². The molecule has 3 N–H and O–H groups in total. The second kappa shape index (κ2) is 18.2. The Kier molecular flexibility index (Phi) is 13.0. The molecule has 8 nitrogen and oxygen atoms in total. The molecule has 1 aliphatic rings. The zero-order valence-electron chi connectivity index (χ0n) is 29.0. The predicted molar refractivity (Wildman–Crippen MR) is 216 cm³/mol. The molecule has 0 saturated heterocycles. The molecule has 0 fully saturated rings. The second-order valence-electron chi connectivity index (χ2n) is 12.3. The van der Waals surface area contributed by atoms with Crippen molar-refractivity contribution in [3.63, 3.8) is 0 Å². The Morgan fingerprint density at radius 3 is 2.34 bits per heavy atom. The van der Waals surface area contributed by atoms with Gasteiger partial charge in [0.05, 0.1) is 12.2 Å². The molecule has 1 aromatic heterocycles. The summed E-state index contributed by atoms with van der Waals surface area (Å²) in [7, 11) is 0. The number of fused-ring (bicyclic) bond motifs is 1. The molecule has 0 aliphatic heterocycles. The number of nitrogens with one attached hydrogen (secondary N) is 3. The summed E-state index contributed by atoms with van der Waals surface area (Å²) in [5.41, 5.74) is 3.90. The molecule has 0 bridgehead atoms.